The highest BCUT2D eigenvalue weighted by molar-refractivity contribution is 7.20. The van der Waals surface area contributed by atoms with Crippen LogP contribution in [-0.4, -0.2) is 41.1 Å². The van der Waals surface area contributed by atoms with E-state index in [1.54, 1.807) is 11.3 Å². The second kappa shape index (κ2) is 4.25. The van der Waals surface area contributed by atoms with E-state index in [1.807, 2.05) is 12.3 Å². The lowest BCUT2D eigenvalue weighted by Crippen LogP contribution is -2.58. The number of fused-ring (bicyclic) bond motifs is 3. The maximum absolute atomic E-state index is 5.97. The smallest absolute Gasteiger partial charge is 0.202 e. The Morgan fingerprint density at radius 3 is 3.05 bits per heavy atom. The summed E-state index contributed by atoms with van der Waals surface area (Å²) in [6.07, 6.45) is 4.21. The minimum Gasteiger partial charge on any atom is -0.298 e. The fourth-order valence-corrected chi connectivity index (χ4v) is 4.64. The molecule has 0 radical (unpaired) electrons. The maximum Gasteiger partial charge on any atom is 0.202 e. The Morgan fingerprint density at radius 1 is 1.38 bits per heavy atom. The molecule has 0 amide bonds. The number of aromatic nitrogens is 1. The van der Waals surface area contributed by atoms with E-state index in [0.29, 0.717) is 5.92 Å². The molecular formula is C15H16N4OS. The normalized spacial score (nSPS) is 34.4. The molecule has 1 N–H and O–H groups in total. The van der Waals surface area contributed by atoms with E-state index in [-0.39, 0.29) is 5.72 Å². The summed E-state index contributed by atoms with van der Waals surface area (Å²) in [5, 5.41) is 1.16. The van der Waals surface area contributed by atoms with Crippen molar-refractivity contribution in [1.29, 1.82) is 0 Å². The molecule has 108 valence electrons. The zero-order valence-electron chi connectivity index (χ0n) is 11.6. The molecule has 2 bridgehead atoms. The minimum atomic E-state index is -0.366. The first-order chi connectivity index (χ1) is 10.3. The monoisotopic (exact) mass is 300 g/mol. The van der Waals surface area contributed by atoms with E-state index in [1.165, 1.54) is 25.9 Å². The molecule has 6 heteroatoms. The van der Waals surface area contributed by atoms with Gasteiger partial charge in [-0.3, -0.25) is 4.90 Å². The fraction of sp³-hybridized carbons (Fsp3) is 0.467. The molecule has 0 aromatic carbocycles. The molecule has 0 aliphatic carbocycles. The van der Waals surface area contributed by atoms with Crippen LogP contribution in [0.5, 0.6) is 0 Å². The lowest BCUT2D eigenvalue weighted by atomic mass is 9.81. The van der Waals surface area contributed by atoms with Crippen LogP contribution in [0.4, 0.5) is 0 Å². The molecule has 1 atom stereocenters. The standard InChI is InChI=1S/C15H16N4OS/c1-2-10-8-12(21-14(10)16-5-1)13-17-15(20-18-13)9-19-6-3-11(15)4-7-19/h1-2,5,8,11H,3-4,6-7,9H2,(H,17,18)/t15-/m1/s1. The number of amidine groups is 1. The van der Waals surface area contributed by atoms with Gasteiger partial charge in [-0.25, -0.2) is 20.3 Å². The average molecular weight is 300 g/mol. The predicted molar refractivity (Wildman–Crippen MR) is 82.3 cm³/mol. The number of piperidine rings is 3. The third-order valence-electron chi connectivity index (χ3n) is 4.83. The molecule has 4 aliphatic heterocycles. The summed E-state index contributed by atoms with van der Waals surface area (Å²) in [7, 11) is 0. The van der Waals surface area contributed by atoms with E-state index in [0.717, 1.165) is 27.5 Å². The first-order valence-corrected chi connectivity index (χ1v) is 8.25. The van der Waals surface area contributed by atoms with Crippen molar-refractivity contribution < 1.29 is 4.84 Å². The fourth-order valence-electron chi connectivity index (χ4n) is 3.70. The van der Waals surface area contributed by atoms with Gasteiger partial charge in [-0.05, 0) is 38.1 Å². The van der Waals surface area contributed by atoms with Crippen LogP contribution in [0, 0.1) is 5.92 Å². The van der Waals surface area contributed by atoms with Gasteiger partial charge in [0, 0.05) is 17.5 Å². The molecule has 3 fully saturated rings. The van der Waals surface area contributed by atoms with Crippen LogP contribution >= 0.6 is 11.3 Å². The summed E-state index contributed by atoms with van der Waals surface area (Å²) in [5.74, 6) is 1.41. The van der Waals surface area contributed by atoms with Crippen molar-refractivity contribution in [1.82, 2.24) is 15.4 Å². The van der Waals surface area contributed by atoms with Crippen molar-refractivity contribution in [3.8, 4) is 0 Å². The van der Waals surface area contributed by atoms with Gasteiger partial charge in [-0.15, -0.1) is 11.3 Å². The molecular weight excluding hydrogens is 284 g/mol. The Labute approximate surface area is 126 Å². The van der Waals surface area contributed by atoms with Crippen molar-refractivity contribution in [3.05, 3.63) is 29.3 Å². The molecule has 21 heavy (non-hydrogen) atoms. The van der Waals surface area contributed by atoms with Gasteiger partial charge in [0.2, 0.25) is 5.72 Å². The van der Waals surface area contributed by atoms with Crippen LogP contribution in [0.1, 0.15) is 17.7 Å². The van der Waals surface area contributed by atoms with Gasteiger partial charge in [0.05, 0.1) is 11.4 Å². The SMILES string of the molecule is c1cnc2sc(C3=N[C@]4(CN5CCC4CC5)ON3)cc2c1. The average Bonchev–Trinajstić information content (AvgIpc) is 3.13. The molecule has 4 aliphatic rings. The number of hydrogen-bond donors (Lipinski definition) is 1. The van der Waals surface area contributed by atoms with Crippen LogP contribution in [0.25, 0.3) is 10.2 Å². The van der Waals surface area contributed by atoms with Crippen molar-refractivity contribution in [3.63, 3.8) is 0 Å². The van der Waals surface area contributed by atoms with E-state index in [4.69, 9.17) is 9.83 Å². The highest BCUT2D eigenvalue weighted by Gasteiger charge is 2.51. The molecule has 2 aromatic heterocycles. The second-order valence-corrected chi connectivity index (χ2v) is 7.10. The topological polar surface area (TPSA) is 49.8 Å². The van der Waals surface area contributed by atoms with Crippen molar-refractivity contribution in [2.75, 3.05) is 19.6 Å². The van der Waals surface area contributed by atoms with Gasteiger partial charge in [-0.1, -0.05) is 6.07 Å². The van der Waals surface area contributed by atoms with Gasteiger partial charge < -0.3 is 0 Å². The number of aliphatic imine (C=N–C) groups is 1. The third-order valence-corrected chi connectivity index (χ3v) is 5.89. The van der Waals surface area contributed by atoms with Crippen LogP contribution in [0.15, 0.2) is 29.4 Å². The molecule has 2 aromatic rings. The summed E-state index contributed by atoms with van der Waals surface area (Å²) in [6, 6.07) is 6.19. The third kappa shape index (κ3) is 1.76. The number of pyridine rings is 1. The maximum atomic E-state index is 5.97. The summed E-state index contributed by atoms with van der Waals surface area (Å²) in [4.78, 5) is 19.9. The Kier molecular flexibility index (Phi) is 2.45. The zero-order chi connectivity index (χ0) is 13.9. The Hall–Kier alpha value is -1.50. The van der Waals surface area contributed by atoms with Crippen molar-refractivity contribution in [2.45, 2.75) is 18.6 Å². The molecule has 1 spiro atoms. The Balaban J connectivity index is 1.54. The van der Waals surface area contributed by atoms with Crippen LogP contribution < -0.4 is 5.48 Å². The molecule has 0 unspecified atom stereocenters. The zero-order valence-corrected chi connectivity index (χ0v) is 12.4. The number of thiophene rings is 1. The van der Waals surface area contributed by atoms with E-state index in [9.17, 15) is 0 Å². The van der Waals surface area contributed by atoms with Crippen molar-refractivity contribution >= 4 is 27.4 Å². The van der Waals surface area contributed by atoms with Crippen molar-refractivity contribution in [2.24, 2.45) is 10.9 Å². The summed E-state index contributed by atoms with van der Waals surface area (Å²) in [6.45, 7) is 3.29. The molecule has 6 heterocycles. The highest BCUT2D eigenvalue weighted by Crippen LogP contribution is 2.41. The molecule has 3 saturated heterocycles. The number of rotatable bonds is 1. The van der Waals surface area contributed by atoms with Crippen LogP contribution in [0.3, 0.4) is 0 Å². The van der Waals surface area contributed by atoms with Gasteiger partial charge >= 0.3 is 0 Å². The number of hydrogen-bond acceptors (Lipinski definition) is 6. The van der Waals surface area contributed by atoms with Gasteiger partial charge in [0.15, 0.2) is 5.84 Å². The van der Waals surface area contributed by atoms with Crippen LogP contribution in [0.2, 0.25) is 0 Å². The Bertz CT molecular complexity index is 701. The lowest BCUT2D eigenvalue weighted by Gasteiger charge is -2.47. The second-order valence-electron chi connectivity index (χ2n) is 6.07. The first-order valence-electron chi connectivity index (χ1n) is 7.44. The van der Waals surface area contributed by atoms with Gasteiger partial charge in [0.1, 0.15) is 4.83 Å². The minimum absolute atomic E-state index is 0.366. The number of hydroxylamine groups is 1. The predicted octanol–water partition coefficient (Wildman–Crippen LogP) is 2.00. The number of nitrogens with zero attached hydrogens (tertiary/aromatic N) is 3. The van der Waals surface area contributed by atoms with E-state index < -0.39 is 0 Å². The first kappa shape index (κ1) is 12.1. The molecule has 6 rings (SSSR count). The van der Waals surface area contributed by atoms with Gasteiger partial charge in [-0.2, -0.15) is 0 Å². The Morgan fingerprint density at radius 2 is 2.29 bits per heavy atom. The quantitative estimate of drug-likeness (QED) is 0.875. The molecule has 5 nitrogen and oxygen atoms in total. The number of nitrogens with one attached hydrogen (secondary N) is 1. The summed E-state index contributed by atoms with van der Waals surface area (Å²) < 4.78 is 0. The largest absolute Gasteiger partial charge is 0.298 e. The van der Waals surface area contributed by atoms with Gasteiger partial charge in [0.25, 0.3) is 0 Å². The van der Waals surface area contributed by atoms with E-state index in [2.05, 4.69) is 27.5 Å². The van der Waals surface area contributed by atoms with E-state index >= 15 is 0 Å². The highest BCUT2D eigenvalue weighted by atomic mass is 32.1. The summed E-state index contributed by atoms with van der Waals surface area (Å²) >= 11 is 1.66. The summed E-state index contributed by atoms with van der Waals surface area (Å²) in [5.41, 5.74) is 2.72. The molecule has 0 saturated carbocycles. The lowest BCUT2D eigenvalue weighted by molar-refractivity contribution is -0.155. The van der Waals surface area contributed by atoms with Crippen LogP contribution in [-0.2, 0) is 4.84 Å².